The second-order valence-electron chi connectivity index (χ2n) is 6.99. The summed E-state index contributed by atoms with van der Waals surface area (Å²) in [5.74, 6) is -0.560. The maximum Gasteiger partial charge on any atom is 0.248 e. The number of para-hydroxylation sites is 3. The highest BCUT2D eigenvalue weighted by molar-refractivity contribution is 6.35. The van der Waals surface area contributed by atoms with Crippen molar-refractivity contribution < 1.29 is 9.59 Å². The first-order valence-corrected chi connectivity index (χ1v) is 10.2. The molecule has 0 fully saturated rings. The molecule has 152 valence electrons. The molecule has 3 aromatic rings. The second kappa shape index (κ2) is 8.78. The highest BCUT2D eigenvalue weighted by Crippen LogP contribution is 2.34. The van der Waals surface area contributed by atoms with Crippen molar-refractivity contribution in [1.82, 2.24) is 5.32 Å². The molecular formula is C23H19Cl2N3O2. The molecule has 1 unspecified atom stereocenters. The van der Waals surface area contributed by atoms with Crippen LogP contribution in [-0.4, -0.2) is 24.4 Å². The van der Waals surface area contributed by atoms with Crippen LogP contribution in [0.3, 0.4) is 0 Å². The average molecular weight is 440 g/mol. The van der Waals surface area contributed by atoms with Crippen LogP contribution < -0.4 is 15.5 Å². The van der Waals surface area contributed by atoms with Crippen molar-refractivity contribution in [1.29, 1.82) is 0 Å². The zero-order valence-electron chi connectivity index (χ0n) is 15.9. The van der Waals surface area contributed by atoms with Crippen molar-refractivity contribution in [3.8, 4) is 0 Å². The van der Waals surface area contributed by atoms with E-state index in [9.17, 15) is 9.59 Å². The molecule has 3 aromatic carbocycles. The first-order valence-electron chi connectivity index (χ1n) is 9.47. The fourth-order valence-electron chi connectivity index (χ4n) is 3.45. The zero-order chi connectivity index (χ0) is 21.1. The van der Waals surface area contributed by atoms with Gasteiger partial charge in [-0.15, -0.1) is 0 Å². The van der Waals surface area contributed by atoms with Gasteiger partial charge in [0, 0.05) is 15.7 Å². The number of halogens is 2. The Bertz CT molecular complexity index is 1090. The molecule has 1 aliphatic rings. The largest absolute Gasteiger partial charge is 0.342 e. The molecule has 0 aliphatic carbocycles. The Morgan fingerprint density at radius 1 is 1.03 bits per heavy atom. The maximum absolute atomic E-state index is 12.9. The predicted molar refractivity (Wildman–Crippen MR) is 121 cm³/mol. The molecule has 0 spiro atoms. The number of benzene rings is 3. The van der Waals surface area contributed by atoms with Crippen molar-refractivity contribution in [2.24, 2.45) is 0 Å². The number of nitrogens with one attached hydrogen (secondary N) is 2. The average Bonchev–Trinajstić information content (AvgIpc) is 2.87. The first-order chi connectivity index (χ1) is 14.5. The van der Waals surface area contributed by atoms with E-state index in [1.165, 1.54) is 0 Å². The van der Waals surface area contributed by atoms with Gasteiger partial charge in [0.05, 0.1) is 24.3 Å². The molecular weight excluding hydrogens is 421 g/mol. The lowest BCUT2D eigenvalue weighted by molar-refractivity contribution is -0.125. The van der Waals surface area contributed by atoms with Crippen molar-refractivity contribution in [2.45, 2.75) is 12.5 Å². The van der Waals surface area contributed by atoms with E-state index in [2.05, 4.69) is 10.6 Å². The van der Waals surface area contributed by atoms with E-state index in [1.54, 1.807) is 18.2 Å². The van der Waals surface area contributed by atoms with Crippen molar-refractivity contribution in [3.05, 3.63) is 88.4 Å². The minimum atomic E-state index is -0.740. The molecule has 5 nitrogen and oxygen atoms in total. The summed E-state index contributed by atoms with van der Waals surface area (Å²) in [6.07, 6.45) is 0.0536. The summed E-state index contributed by atoms with van der Waals surface area (Å²) in [5, 5.41) is 6.69. The monoisotopic (exact) mass is 439 g/mol. The summed E-state index contributed by atoms with van der Waals surface area (Å²) in [6.45, 7) is 0.299. The van der Waals surface area contributed by atoms with Crippen molar-refractivity contribution in [3.63, 3.8) is 0 Å². The third-order valence-electron chi connectivity index (χ3n) is 4.90. The number of nitrogens with zero attached hydrogens (tertiary/aromatic N) is 1. The normalized spacial score (nSPS) is 15.7. The van der Waals surface area contributed by atoms with Crippen LogP contribution in [0.25, 0.3) is 0 Å². The van der Waals surface area contributed by atoms with Crippen LogP contribution in [0.15, 0.2) is 72.8 Å². The summed E-state index contributed by atoms with van der Waals surface area (Å²) < 4.78 is 0. The van der Waals surface area contributed by atoms with Gasteiger partial charge in [-0.2, -0.15) is 0 Å². The smallest absolute Gasteiger partial charge is 0.248 e. The SMILES string of the molecule is O=C(Cc1ccc(Cl)cc1Cl)NC1CN(c2ccccc2)c2ccccc2NC1=O. The lowest BCUT2D eigenvalue weighted by Crippen LogP contribution is -2.48. The first kappa shape index (κ1) is 20.3. The Morgan fingerprint density at radius 3 is 2.53 bits per heavy atom. The van der Waals surface area contributed by atoms with E-state index in [4.69, 9.17) is 23.2 Å². The van der Waals surface area contributed by atoms with E-state index in [-0.39, 0.29) is 18.2 Å². The van der Waals surface area contributed by atoms with Crippen LogP contribution in [0.5, 0.6) is 0 Å². The van der Waals surface area contributed by atoms with Gasteiger partial charge in [0.15, 0.2) is 0 Å². The molecule has 7 heteroatoms. The van der Waals surface area contributed by atoms with Gasteiger partial charge in [0.2, 0.25) is 11.8 Å². The Labute approximate surface area is 184 Å². The third kappa shape index (κ3) is 4.42. The summed E-state index contributed by atoms with van der Waals surface area (Å²) in [5.41, 5.74) is 3.15. The number of anilines is 3. The number of carbonyl (C=O) groups is 2. The summed E-state index contributed by atoms with van der Waals surface area (Å²) in [7, 11) is 0. The molecule has 1 heterocycles. The van der Waals surface area contributed by atoms with E-state index >= 15 is 0 Å². The third-order valence-corrected chi connectivity index (χ3v) is 5.49. The molecule has 2 N–H and O–H groups in total. The molecule has 0 saturated carbocycles. The quantitative estimate of drug-likeness (QED) is 0.612. The summed E-state index contributed by atoms with van der Waals surface area (Å²) >= 11 is 12.1. The van der Waals surface area contributed by atoms with Gasteiger partial charge in [0.1, 0.15) is 6.04 Å². The molecule has 4 rings (SSSR count). The van der Waals surface area contributed by atoms with Crippen LogP contribution >= 0.6 is 23.2 Å². The van der Waals surface area contributed by atoms with Crippen LogP contribution in [0, 0.1) is 0 Å². The van der Waals surface area contributed by atoms with Crippen molar-refractivity contribution >= 4 is 52.1 Å². The van der Waals surface area contributed by atoms with Crippen molar-refractivity contribution in [2.75, 3.05) is 16.8 Å². The lowest BCUT2D eigenvalue weighted by Gasteiger charge is -2.27. The number of hydrogen-bond donors (Lipinski definition) is 2. The topological polar surface area (TPSA) is 61.4 Å². The van der Waals surface area contributed by atoms with E-state index in [0.717, 1.165) is 11.4 Å². The number of carbonyl (C=O) groups excluding carboxylic acids is 2. The Hall–Kier alpha value is -3.02. The summed E-state index contributed by atoms with van der Waals surface area (Å²) in [6, 6.07) is 21.6. The molecule has 2 amide bonds. The Kier molecular flexibility index (Phi) is 5.93. The predicted octanol–water partition coefficient (Wildman–Crippen LogP) is 4.81. The fourth-order valence-corrected chi connectivity index (χ4v) is 3.92. The second-order valence-corrected chi connectivity index (χ2v) is 7.83. The lowest BCUT2D eigenvalue weighted by atomic mass is 10.1. The van der Waals surface area contributed by atoms with Gasteiger partial charge in [-0.3, -0.25) is 9.59 Å². The van der Waals surface area contributed by atoms with Gasteiger partial charge in [-0.1, -0.05) is 59.6 Å². The Morgan fingerprint density at radius 2 is 1.77 bits per heavy atom. The highest BCUT2D eigenvalue weighted by atomic mass is 35.5. The summed E-state index contributed by atoms with van der Waals surface area (Å²) in [4.78, 5) is 27.6. The molecule has 0 saturated heterocycles. The van der Waals surface area contributed by atoms with E-state index < -0.39 is 6.04 Å². The van der Waals surface area contributed by atoms with Crippen LogP contribution in [0.1, 0.15) is 5.56 Å². The minimum absolute atomic E-state index is 0.0536. The highest BCUT2D eigenvalue weighted by Gasteiger charge is 2.30. The zero-order valence-corrected chi connectivity index (χ0v) is 17.5. The van der Waals surface area contributed by atoms with Crippen LogP contribution in [-0.2, 0) is 16.0 Å². The molecule has 1 atom stereocenters. The molecule has 30 heavy (non-hydrogen) atoms. The number of rotatable bonds is 4. The molecule has 1 aliphatic heterocycles. The van der Waals surface area contributed by atoms with E-state index in [1.807, 2.05) is 59.5 Å². The maximum atomic E-state index is 12.9. The van der Waals surface area contributed by atoms with Gasteiger partial charge < -0.3 is 15.5 Å². The van der Waals surface area contributed by atoms with Gasteiger partial charge in [0.25, 0.3) is 0 Å². The molecule has 0 aromatic heterocycles. The van der Waals surface area contributed by atoms with Gasteiger partial charge >= 0.3 is 0 Å². The number of fused-ring (bicyclic) bond motifs is 1. The fraction of sp³-hybridized carbons (Fsp3) is 0.130. The standard InChI is InChI=1S/C23H19Cl2N3O2/c24-16-11-10-15(18(25)13-16)12-22(29)26-20-14-28(17-6-2-1-3-7-17)21-9-5-4-8-19(21)27-23(20)30/h1-11,13,20H,12,14H2,(H,26,29)(H,27,30). The number of hydrogen-bond acceptors (Lipinski definition) is 3. The van der Waals surface area contributed by atoms with Crippen LogP contribution in [0.4, 0.5) is 17.1 Å². The molecule has 0 bridgehead atoms. The minimum Gasteiger partial charge on any atom is -0.342 e. The van der Waals surface area contributed by atoms with Crippen LogP contribution in [0.2, 0.25) is 10.0 Å². The van der Waals surface area contributed by atoms with E-state index in [0.29, 0.717) is 27.8 Å². The van der Waals surface area contributed by atoms with Gasteiger partial charge in [-0.25, -0.2) is 0 Å². The number of amides is 2. The molecule has 0 radical (unpaired) electrons. The Balaban J connectivity index is 1.58. The van der Waals surface area contributed by atoms with Gasteiger partial charge in [-0.05, 0) is 42.0 Å².